The number of ether oxygens (including phenoxy) is 3. The fourth-order valence-corrected chi connectivity index (χ4v) is 4.72. The summed E-state index contributed by atoms with van der Waals surface area (Å²) in [6.45, 7) is -1.28. The molecule has 0 bridgehead atoms. The number of aromatic nitrogens is 1. The van der Waals surface area contributed by atoms with Crippen molar-refractivity contribution in [2.75, 3.05) is 25.7 Å². The van der Waals surface area contributed by atoms with E-state index in [0.29, 0.717) is 4.57 Å². The molecule has 3 atom stereocenters. The molecule has 2 heterocycles. The van der Waals surface area contributed by atoms with Gasteiger partial charge in [0.05, 0.1) is 13.7 Å². The van der Waals surface area contributed by atoms with Crippen LogP contribution in [0, 0.1) is 5.82 Å². The number of pyridine rings is 1. The minimum absolute atomic E-state index is 0.0475. The van der Waals surface area contributed by atoms with Crippen LogP contribution in [-0.4, -0.2) is 61.8 Å². The maximum absolute atomic E-state index is 15.2. The van der Waals surface area contributed by atoms with Gasteiger partial charge in [0.1, 0.15) is 29.0 Å². The van der Waals surface area contributed by atoms with Crippen LogP contribution in [0.1, 0.15) is 21.8 Å². The number of hydrogen-bond acceptors (Lipinski definition) is 6. The number of carbonyl (C=O) groups is 2. The van der Waals surface area contributed by atoms with E-state index in [9.17, 15) is 40.7 Å². The van der Waals surface area contributed by atoms with Gasteiger partial charge in [-0.15, -0.1) is 13.2 Å². The number of hydrogen-bond donors (Lipinski definition) is 1. The first-order valence-electron chi connectivity index (χ1n) is 12.7. The van der Waals surface area contributed by atoms with Gasteiger partial charge in [-0.25, -0.2) is 4.39 Å². The van der Waals surface area contributed by atoms with E-state index in [4.69, 9.17) is 4.74 Å². The number of nitrogens with zero attached hydrogens (tertiary/aromatic N) is 2. The number of nitrogens with one attached hydrogen (secondary N) is 1. The summed E-state index contributed by atoms with van der Waals surface area (Å²) in [6, 6.07) is 8.49. The molecular formula is C28H24F7N3O6. The van der Waals surface area contributed by atoms with Crippen LogP contribution in [0.5, 0.6) is 11.5 Å². The molecule has 1 fully saturated rings. The molecule has 1 aromatic heterocycles. The standard InChI is InChI=1S/C28H24F7N3O6/c1-42-17-9-10-18(20(29)12-17)19-13-38(21-4-3-11-37(25(21)40)14-22(43-2)27(30,31)32)26(41)23(19)36-24(39)15-5-7-16(8-6-15)44-28(33,34)35/h3-12,19,22-23H,13-14H2,1-2H3,(H,36,39)/t19-,22?,23-/m0/s1. The molecule has 236 valence electrons. The summed E-state index contributed by atoms with van der Waals surface area (Å²) in [6.07, 6.45) is -11.0. The summed E-state index contributed by atoms with van der Waals surface area (Å²) in [5.74, 6) is -4.17. The van der Waals surface area contributed by atoms with Gasteiger partial charge < -0.3 is 29.0 Å². The average Bonchev–Trinajstić information content (AvgIpc) is 3.26. The molecular weight excluding hydrogens is 607 g/mol. The van der Waals surface area contributed by atoms with Crippen LogP contribution in [0.4, 0.5) is 36.4 Å². The fourth-order valence-electron chi connectivity index (χ4n) is 4.72. The monoisotopic (exact) mass is 631 g/mol. The summed E-state index contributed by atoms with van der Waals surface area (Å²) in [4.78, 5) is 40.9. The van der Waals surface area contributed by atoms with Gasteiger partial charge in [-0.2, -0.15) is 13.2 Å². The van der Waals surface area contributed by atoms with Crippen LogP contribution in [0.15, 0.2) is 65.6 Å². The van der Waals surface area contributed by atoms with E-state index in [1.807, 2.05) is 0 Å². The number of methoxy groups -OCH3 is 2. The first kappa shape index (κ1) is 32.3. The van der Waals surface area contributed by atoms with Gasteiger partial charge in [0.25, 0.3) is 11.5 Å². The molecule has 1 aliphatic rings. The van der Waals surface area contributed by atoms with E-state index in [1.54, 1.807) is 0 Å². The molecule has 16 heteroatoms. The van der Waals surface area contributed by atoms with E-state index >= 15 is 4.39 Å². The molecule has 0 saturated carbocycles. The van der Waals surface area contributed by atoms with Gasteiger partial charge in [-0.05, 0) is 48.0 Å². The molecule has 1 saturated heterocycles. The quantitative estimate of drug-likeness (QED) is 0.352. The van der Waals surface area contributed by atoms with Crippen LogP contribution >= 0.6 is 0 Å². The maximum Gasteiger partial charge on any atom is 0.573 e. The Kier molecular flexibility index (Phi) is 9.22. The number of rotatable bonds is 9. The molecule has 9 nitrogen and oxygen atoms in total. The zero-order valence-electron chi connectivity index (χ0n) is 22.9. The lowest BCUT2D eigenvalue weighted by atomic mass is 9.93. The Bertz CT molecular complexity index is 1570. The van der Waals surface area contributed by atoms with Crippen molar-refractivity contribution >= 4 is 17.5 Å². The Morgan fingerprint density at radius 2 is 1.66 bits per heavy atom. The Labute approximate surface area is 244 Å². The van der Waals surface area contributed by atoms with Crippen molar-refractivity contribution in [1.82, 2.24) is 9.88 Å². The fraction of sp³-hybridized carbons (Fsp3) is 0.321. The SMILES string of the molecule is COc1ccc([C@@H]2CN(c3cccn(CC(OC)C(F)(F)F)c3=O)C(=O)[C@H]2NC(=O)c2ccc(OC(F)(F)F)cc2)c(F)c1. The zero-order chi connectivity index (χ0) is 32.4. The Morgan fingerprint density at radius 3 is 2.23 bits per heavy atom. The van der Waals surface area contributed by atoms with Gasteiger partial charge in [-0.3, -0.25) is 14.4 Å². The van der Waals surface area contributed by atoms with Crippen molar-refractivity contribution in [3.63, 3.8) is 0 Å². The molecule has 44 heavy (non-hydrogen) atoms. The summed E-state index contributed by atoms with van der Waals surface area (Å²) in [5.41, 5.74) is -1.53. The van der Waals surface area contributed by atoms with E-state index < -0.39 is 66.1 Å². The van der Waals surface area contributed by atoms with Crippen LogP contribution < -0.4 is 25.2 Å². The molecule has 4 rings (SSSR count). The lowest BCUT2D eigenvalue weighted by Gasteiger charge is -2.21. The third kappa shape index (κ3) is 7.12. The zero-order valence-corrected chi connectivity index (χ0v) is 22.9. The van der Waals surface area contributed by atoms with Crippen molar-refractivity contribution < 1.29 is 54.5 Å². The van der Waals surface area contributed by atoms with Crippen molar-refractivity contribution in [1.29, 1.82) is 0 Å². The van der Waals surface area contributed by atoms with E-state index in [0.717, 1.165) is 48.5 Å². The van der Waals surface area contributed by atoms with Gasteiger partial charge in [0.2, 0.25) is 5.91 Å². The molecule has 0 spiro atoms. The first-order chi connectivity index (χ1) is 20.6. The molecule has 0 radical (unpaired) electrons. The highest BCUT2D eigenvalue weighted by atomic mass is 19.4. The first-order valence-corrected chi connectivity index (χ1v) is 12.7. The number of alkyl halides is 6. The molecule has 1 N–H and O–H groups in total. The minimum atomic E-state index is -4.97. The molecule has 2 aromatic carbocycles. The second-order valence-corrected chi connectivity index (χ2v) is 9.58. The van der Waals surface area contributed by atoms with E-state index in [2.05, 4.69) is 14.8 Å². The minimum Gasteiger partial charge on any atom is -0.497 e. The highest BCUT2D eigenvalue weighted by Crippen LogP contribution is 2.34. The molecule has 2 amide bonds. The van der Waals surface area contributed by atoms with E-state index in [-0.39, 0.29) is 29.1 Å². The predicted octanol–water partition coefficient (Wildman–Crippen LogP) is 4.40. The van der Waals surface area contributed by atoms with E-state index in [1.165, 1.54) is 31.4 Å². The highest BCUT2D eigenvalue weighted by molar-refractivity contribution is 6.05. The number of halogens is 7. The number of benzene rings is 2. The summed E-state index contributed by atoms with van der Waals surface area (Å²) in [7, 11) is 2.13. The van der Waals surface area contributed by atoms with Crippen molar-refractivity contribution in [3.8, 4) is 11.5 Å². The Balaban J connectivity index is 1.68. The van der Waals surface area contributed by atoms with Crippen molar-refractivity contribution in [2.45, 2.75) is 37.1 Å². The van der Waals surface area contributed by atoms with Crippen LogP contribution in [0.25, 0.3) is 0 Å². The second-order valence-electron chi connectivity index (χ2n) is 9.58. The number of amides is 2. The summed E-state index contributed by atoms with van der Waals surface area (Å²) in [5, 5.41) is 2.44. The normalized spacial score (nSPS) is 17.8. The number of carbonyl (C=O) groups excluding carboxylic acids is 2. The van der Waals surface area contributed by atoms with Crippen molar-refractivity contribution in [3.05, 3.63) is 88.1 Å². The maximum atomic E-state index is 15.2. The largest absolute Gasteiger partial charge is 0.573 e. The Morgan fingerprint density at radius 1 is 1.00 bits per heavy atom. The lowest BCUT2D eigenvalue weighted by molar-refractivity contribution is -0.274. The third-order valence-electron chi connectivity index (χ3n) is 6.86. The van der Waals surface area contributed by atoms with Gasteiger partial charge in [0, 0.05) is 37.4 Å². The topological polar surface area (TPSA) is 99.1 Å². The second kappa shape index (κ2) is 12.6. The summed E-state index contributed by atoms with van der Waals surface area (Å²) < 4.78 is 107. The lowest BCUT2D eigenvalue weighted by Crippen LogP contribution is -2.45. The average molecular weight is 632 g/mol. The third-order valence-corrected chi connectivity index (χ3v) is 6.86. The smallest absolute Gasteiger partial charge is 0.497 e. The summed E-state index contributed by atoms with van der Waals surface area (Å²) >= 11 is 0. The molecule has 3 aromatic rings. The molecule has 0 aliphatic carbocycles. The Hall–Kier alpha value is -4.60. The molecule has 1 aliphatic heterocycles. The predicted molar refractivity (Wildman–Crippen MR) is 140 cm³/mol. The van der Waals surface area contributed by atoms with Crippen molar-refractivity contribution in [2.24, 2.45) is 0 Å². The highest BCUT2D eigenvalue weighted by Gasteiger charge is 2.45. The van der Waals surface area contributed by atoms with Crippen LogP contribution in [-0.2, 0) is 16.1 Å². The van der Waals surface area contributed by atoms with Gasteiger partial charge in [0.15, 0.2) is 6.10 Å². The van der Waals surface area contributed by atoms with Crippen LogP contribution in [0.2, 0.25) is 0 Å². The molecule has 1 unspecified atom stereocenters. The van der Waals surface area contributed by atoms with Crippen LogP contribution in [0.3, 0.4) is 0 Å². The number of anilines is 1. The van der Waals surface area contributed by atoms with Gasteiger partial charge >= 0.3 is 12.5 Å². The van der Waals surface area contributed by atoms with Gasteiger partial charge in [-0.1, -0.05) is 6.07 Å².